The summed E-state index contributed by atoms with van der Waals surface area (Å²) in [6.07, 6.45) is 0. The van der Waals surface area contributed by atoms with Gasteiger partial charge in [0.25, 0.3) is 0 Å². The summed E-state index contributed by atoms with van der Waals surface area (Å²) >= 11 is 0. The molecule has 3 heterocycles. The number of benzene rings is 10. The summed E-state index contributed by atoms with van der Waals surface area (Å²) in [5.41, 5.74) is 23.0. The Labute approximate surface area is 401 Å². The van der Waals surface area contributed by atoms with Crippen molar-refractivity contribution in [1.82, 2.24) is 14.4 Å². The average Bonchev–Trinajstić information content (AvgIpc) is 3.93. The Balaban J connectivity index is 0.837. The Morgan fingerprint density at radius 3 is 1.07 bits per heavy atom. The van der Waals surface area contributed by atoms with Crippen LogP contribution < -0.4 is 0 Å². The smallest absolute Gasteiger partial charge is 0.160 e. The van der Waals surface area contributed by atoms with Crippen molar-refractivity contribution in [3.05, 3.63) is 248 Å². The fraction of sp³-hybridized carbons (Fsp3) is 0.0303. The predicted molar refractivity (Wildman–Crippen MR) is 290 cm³/mol. The standard InChI is InChI=1S/C66H45N3/c1-42-32-43(2)34-56(33-42)54-29-31-58-60-27-13-26-59-57-30-28-53(39-63(57)69(65(59)60)64(58)40-54)51-23-11-21-49(37-51)47-19-9-18-46(35-47)48-20-10-22-50(36-48)52-24-12-25-55(38-52)66-67-61(44-14-5-3-6-15-44)41-62(68-66)45-16-7-4-8-17-45/h3-41H,1-2H3. The number of nitrogens with zero attached hydrogens (tertiary/aromatic N) is 3. The van der Waals surface area contributed by atoms with E-state index in [4.69, 9.17) is 9.97 Å². The highest BCUT2D eigenvalue weighted by atomic mass is 14.9. The molecule has 0 spiro atoms. The van der Waals surface area contributed by atoms with Crippen molar-refractivity contribution in [3.8, 4) is 89.5 Å². The van der Waals surface area contributed by atoms with Crippen LogP contribution in [0, 0.1) is 13.8 Å². The van der Waals surface area contributed by atoms with E-state index >= 15 is 0 Å². The van der Waals surface area contributed by atoms with Gasteiger partial charge in [0.1, 0.15) is 0 Å². The zero-order valence-electron chi connectivity index (χ0n) is 38.4. The molecule has 0 atom stereocenters. The van der Waals surface area contributed by atoms with Gasteiger partial charge in [-0.25, -0.2) is 9.97 Å². The Morgan fingerprint density at radius 2 is 0.623 bits per heavy atom. The maximum Gasteiger partial charge on any atom is 0.160 e. The van der Waals surface area contributed by atoms with Gasteiger partial charge in [-0.05, 0) is 112 Å². The zero-order chi connectivity index (χ0) is 46.0. The van der Waals surface area contributed by atoms with E-state index in [1.165, 1.54) is 88.2 Å². The third-order valence-electron chi connectivity index (χ3n) is 13.8. The van der Waals surface area contributed by atoms with Gasteiger partial charge in [0, 0.05) is 38.2 Å². The topological polar surface area (TPSA) is 30.2 Å². The van der Waals surface area contributed by atoms with Gasteiger partial charge >= 0.3 is 0 Å². The lowest BCUT2D eigenvalue weighted by molar-refractivity contribution is 1.18. The summed E-state index contributed by atoms with van der Waals surface area (Å²) < 4.78 is 2.50. The minimum atomic E-state index is 0.700. The summed E-state index contributed by atoms with van der Waals surface area (Å²) in [6, 6.07) is 85.7. The zero-order valence-corrected chi connectivity index (χ0v) is 38.4. The van der Waals surface area contributed by atoms with Gasteiger partial charge in [-0.15, -0.1) is 0 Å². The maximum absolute atomic E-state index is 5.11. The van der Waals surface area contributed by atoms with Crippen molar-refractivity contribution in [2.75, 3.05) is 0 Å². The molecule has 10 aromatic carbocycles. The third-order valence-corrected chi connectivity index (χ3v) is 13.8. The summed E-state index contributed by atoms with van der Waals surface area (Å²) in [4.78, 5) is 10.2. The number of fused-ring (bicyclic) bond motifs is 6. The van der Waals surface area contributed by atoms with Gasteiger partial charge in [-0.2, -0.15) is 0 Å². The van der Waals surface area contributed by atoms with Gasteiger partial charge in [-0.1, -0.05) is 205 Å². The van der Waals surface area contributed by atoms with Gasteiger partial charge in [0.2, 0.25) is 0 Å². The summed E-state index contributed by atoms with van der Waals surface area (Å²) in [6.45, 7) is 4.36. The van der Waals surface area contributed by atoms with Crippen molar-refractivity contribution >= 4 is 38.1 Å². The first kappa shape index (κ1) is 40.4. The van der Waals surface area contributed by atoms with E-state index in [2.05, 4.69) is 243 Å². The largest absolute Gasteiger partial charge is 0.308 e. The minimum Gasteiger partial charge on any atom is -0.308 e. The normalized spacial score (nSPS) is 11.6. The third kappa shape index (κ3) is 7.24. The van der Waals surface area contributed by atoms with Crippen LogP contribution in [0.15, 0.2) is 237 Å². The molecule has 0 N–H and O–H groups in total. The van der Waals surface area contributed by atoms with E-state index in [0.29, 0.717) is 5.82 Å². The molecule has 0 aliphatic rings. The molecule has 0 radical (unpaired) electrons. The van der Waals surface area contributed by atoms with Crippen molar-refractivity contribution in [2.24, 2.45) is 0 Å². The quantitative estimate of drug-likeness (QED) is 0.152. The van der Waals surface area contributed by atoms with E-state index < -0.39 is 0 Å². The van der Waals surface area contributed by atoms with Crippen LogP contribution in [0.1, 0.15) is 11.1 Å². The number of aryl methyl sites for hydroxylation is 2. The van der Waals surface area contributed by atoms with Crippen LogP contribution >= 0.6 is 0 Å². The van der Waals surface area contributed by atoms with Gasteiger partial charge in [0.05, 0.1) is 27.9 Å². The molecule has 0 amide bonds. The van der Waals surface area contributed by atoms with Crippen LogP contribution in [-0.4, -0.2) is 14.4 Å². The average molecular weight is 880 g/mol. The molecular weight excluding hydrogens is 835 g/mol. The number of hydrogen-bond acceptors (Lipinski definition) is 2. The van der Waals surface area contributed by atoms with Crippen molar-refractivity contribution in [1.29, 1.82) is 0 Å². The highest BCUT2D eigenvalue weighted by Gasteiger charge is 2.19. The number of rotatable bonds is 8. The first-order chi connectivity index (χ1) is 34.0. The second-order valence-electron chi connectivity index (χ2n) is 18.4. The van der Waals surface area contributed by atoms with Crippen LogP contribution in [0.2, 0.25) is 0 Å². The lowest BCUT2D eigenvalue weighted by Gasteiger charge is -2.12. The Bertz CT molecular complexity index is 4010. The van der Waals surface area contributed by atoms with Crippen LogP contribution in [-0.2, 0) is 0 Å². The highest BCUT2D eigenvalue weighted by molar-refractivity contribution is 6.23. The summed E-state index contributed by atoms with van der Waals surface area (Å²) in [7, 11) is 0. The first-order valence-corrected chi connectivity index (χ1v) is 23.7. The van der Waals surface area contributed by atoms with Crippen molar-refractivity contribution in [3.63, 3.8) is 0 Å². The molecule has 324 valence electrons. The minimum absolute atomic E-state index is 0.700. The molecule has 0 saturated carbocycles. The molecule has 0 saturated heterocycles. The first-order valence-electron chi connectivity index (χ1n) is 23.7. The number of para-hydroxylation sites is 1. The van der Waals surface area contributed by atoms with Crippen LogP contribution in [0.25, 0.3) is 128 Å². The van der Waals surface area contributed by atoms with Gasteiger partial charge in [0.15, 0.2) is 5.82 Å². The lowest BCUT2D eigenvalue weighted by Crippen LogP contribution is -1.96. The summed E-state index contributed by atoms with van der Waals surface area (Å²) in [5, 5.41) is 5.15. The second-order valence-corrected chi connectivity index (χ2v) is 18.4. The van der Waals surface area contributed by atoms with Gasteiger partial charge in [-0.3, -0.25) is 0 Å². The van der Waals surface area contributed by atoms with Gasteiger partial charge < -0.3 is 4.40 Å². The van der Waals surface area contributed by atoms with E-state index in [-0.39, 0.29) is 0 Å². The molecular formula is C66H45N3. The Morgan fingerprint density at radius 1 is 0.261 bits per heavy atom. The molecule has 3 aromatic heterocycles. The van der Waals surface area contributed by atoms with Crippen molar-refractivity contribution in [2.45, 2.75) is 13.8 Å². The van der Waals surface area contributed by atoms with Crippen LogP contribution in [0.3, 0.4) is 0 Å². The van der Waals surface area contributed by atoms with E-state index in [1.807, 2.05) is 12.1 Å². The molecule has 13 rings (SSSR count). The fourth-order valence-electron chi connectivity index (χ4n) is 10.5. The Kier molecular flexibility index (Phi) is 9.62. The maximum atomic E-state index is 5.11. The SMILES string of the molecule is Cc1cc(C)cc(-c2ccc3c4cccc5c6ccc(-c7cccc(-c8cccc(-c9cccc(-c%10cccc(-c%11nc(-c%12ccccc%12)cc(-c%12ccccc%12)n%11)c%10)c9)c8)c7)cc6n(c3c2)c45)c1. The van der Waals surface area contributed by atoms with E-state index in [9.17, 15) is 0 Å². The van der Waals surface area contributed by atoms with E-state index in [0.717, 1.165) is 44.8 Å². The Hall–Kier alpha value is -8.92. The molecule has 0 unspecified atom stereocenters. The van der Waals surface area contributed by atoms with E-state index in [1.54, 1.807) is 0 Å². The predicted octanol–water partition coefficient (Wildman–Crippen LogP) is 17.6. The second kappa shape index (κ2) is 16.4. The molecule has 3 heteroatoms. The lowest BCUT2D eigenvalue weighted by atomic mass is 9.94. The summed E-state index contributed by atoms with van der Waals surface area (Å²) in [5.74, 6) is 0.700. The molecule has 0 fully saturated rings. The molecule has 0 aliphatic carbocycles. The molecule has 3 nitrogen and oxygen atoms in total. The number of hydrogen-bond donors (Lipinski definition) is 0. The monoisotopic (exact) mass is 879 g/mol. The van der Waals surface area contributed by atoms with Crippen LogP contribution in [0.5, 0.6) is 0 Å². The van der Waals surface area contributed by atoms with Crippen molar-refractivity contribution < 1.29 is 0 Å². The molecule has 0 aliphatic heterocycles. The van der Waals surface area contributed by atoms with Crippen LogP contribution in [0.4, 0.5) is 0 Å². The fourth-order valence-corrected chi connectivity index (χ4v) is 10.5. The molecule has 13 aromatic rings. The molecule has 69 heavy (non-hydrogen) atoms. The molecule has 0 bridgehead atoms. The highest BCUT2D eigenvalue weighted by Crippen LogP contribution is 2.42. The number of aromatic nitrogens is 3.